The Balaban J connectivity index is 0.00000676. The predicted octanol–water partition coefficient (Wildman–Crippen LogP) is 3.98. The molecule has 0 bridgehead atoms. The number of guanidine groups is 1. The first-order valence-corrected chi connectivity index (χ1v) is 9.70. The van der Waals surface area contributed by atoms with E-state index in [9.17, 15) is 4.79 Å². The van der Waals surface area contributed by atoms with Gasteiger partial charge in [0.1, 0.15) is 6.54 Å². The van der Waals surface area contributed by atoms with E-state index >= 15 is 0 Å². The molecule has 1 aromatic heterocycles. The van der Waals surface area contributed by atoms with Crippen molar-refractivity contribution in [2.75, 3.05) is 19.7 Å². The molecular weight excluding hydrogens is 459 g/mol. The van der Waals surface area contributed by atoms with Crippen LogP contribution in [-0.2, 0) is 16.1 Å². The quantitative estimate of drug-likeness (QED) is 0.150. The molecule has 0 aliphatic carbocycles. The number of nitrogens with zero attached hydrogens (tertiary/aromatic N) is 2. The predicted molar refractivity (Wildman–Crippen MR) is 119 cm³/mol. The van der Waals surface area contributed by atoms with E-state index in [2.05, 4.69) is 34.6 Å². The zero-order chi connectivity index (χ0) is 19.2. The topological polar surface area (TPSA) is 88.8 Å². The molecule has 0 aromatic carbocycles. The van der Waals surface area contributed by atoms with E-state index in [0.717, 1.165) is 56.2 Å². The summed E-state index contributed by atoms with van der Waals surface area (Å²) in [7, 11) is 0. The van der Waals surface area contributed by atoms with Gasteiger partial charge in [0.2, 0.25) is 0 Å². The molecule has 0 unspecified atom stereocenters. The number of halogens is 1. The molecule has 0 saturated heterocycles. The first-order chi connectivity index (χ1) is 12.6. The second-order valence-corrected chi connectivity index (χ2v) is 6.46. The highest BCUT2D eigenvalue weighted by Gasteiger charge is 2.07. The minimum absolute atomic E-state index is 0. The highest BCUT2D eigenvalue weighted by molar-refractivity contribution is 14.0. The number of aliphatic imine (C=N–C) groups is 1. The van der Waals surface area contributed by atoms with Gasteiger partial charge in [0, 0.05) is 25.6 Å². The maximum absolute atomic E-state index is 11.3. The number of ether oxygens (including phenoxy) is 1. The third-order valence-corrected chi connectivity index (χ3v) is 3.81. The van der Waals surface area contributed by atoms with Crippen molar-refractivity contribution in [3.8, 4) is 0 Å². The summed E-state index contributed by atoms with van der Waals surface area (Å²) in [5.41, 5.74) is 0.955. The summed E-state index contributed by atoms with van der Waals surface area (Å²) in [6.07, 6.45) is 4.54. The zero-order valence-corrected chi connectivity index (χ0v) is 19.4. The number of esters is 1. The lowest BCUT2D eigenvalue weighted by Crippen LogP contribution is -2.37. The molecular formula is C19H35IN4O3. The molecule has 27 heavy (non-hydrogen) atoms. The molecule has 0 atom stereocenters. The van der Waals surface area contributed by atoms with Crippen LogP contribution in [0.25, 0.3) is 0 Å². The van der Waals surface area contributed by atoms with Gasteiger partial charge < -0.3 is 19.9 Å². The van der Waals surface area contributed by atoms with Gasteiger partial charge in [-0.05, 0) is 32.6 Å². The molecule has 1 heterocycles. The molecule has 0 aliphatic rings. The second-order valence-electron chi connectivity index (χ2n) is 6.46. The van der Waals surface area contributed by atoms with Gasteiger partial charge in [-0.1, -0.05) is 31.8 Å². The van der Waals surface area contributed by atoms with Crippen molar-refractivity contribution in [1.29, 1.82) is 0 Å². The van der Waals surface area contributed by atoms with Crippen molar-refractivity contribution in [2.45, 2.75) is 72.3 Å². The molecule has 1 rings (SSSR count). The number of hydrogen-bond acceptors (Lipinski definition) is 5. The second kappa shape index (κ2) is 15.7. The Kier molecular flexibility index (Phi) is 14.9. The maximum atomic E-state index is 11.3. The average Bonchev–Trinajstić information content (AvgIpc) is 3.08. The smallest absolute Gasteiger partial charge is 0.305 e. The van der Waals surface area contributed by atoms with Crippen LogP contribution in [0, 0.1) is 0 Å². The van der Waals surface area contributed by atoms with E-state index in [4.69, 9.17) is 9.26 Å². The SMILES string of the molecule is CCNC(=NCc1cc(C(C)C)no1)NCCCCCCC(=O)OCC.I. The van der Waals surface area contributed by atoms with Gasteiger partial charge in [0.15, 0.2) is 11.7 Å². The Bertz CT molecular complexity index is 547. The minimum Gasteiger partial charge on any atom is -0.466 e. The lowest BCUT2D eigenvalue weighted by molar-refractivity contribution is -0.143. The van der Waals surface area contributed by atoms with Crippen molar-refractivity contribution < 1.29 is 14.1 Å². The van der Waals surface area contributed by atoms with Crippen molar-refractivity contribution in [2.24, 2.45) is 4.99 Å². The Hall–Kier alpha value is -1.32. The summed E-state index contributed by atoms with van der Waals surface area (Å²) in [4.78, 5) is 15.8. The Morgan fingerprint density at radius 2 is 1.96 bits per heavy atom. The summed E-state index contributed by atoms with van der Waals surface area (Å²) in [6, 6.07) is 1.96. The number of carbonyl (C=O) groups excluding carboxylic acids is 1. The van der Waals surface area contributed by atoms with Crippen molar-refractivity contribution in [3.05, 3.63) is 17.5 Å². The van der Waals surface area contributed by atoms with Crippen LogP contribution in [0.1, 0.15) is 77.2 Å². The minimum atomic E-state index is -0.0970. The van der Waals surface area contributed by atoms with E-state index in [-0.39, 0.29) is 29.9 Å². The van der Waals surface area contributed by atoms with E-state index < -0.39 is 0 Å². The first kappa shape index (κ1) is 25.7. The molecule has 0 saturated carbocycles. The molecule has 2 N–H and O–H groups in total. The number of carbonyl (C=O) groups is 1. The van der Waals surface area contributed by atoms with E-state index in [1.54, 1.807) is 0 Å². The van der Waals surface area contributed by atoms with Crippen molar-refractivity contribution in [1.82, 2.24) is 15.8 Å². The largest absolute Gasteiger partial charge is 0.466 e. The summed E-state index contributed by atoms with van der Waals surface area (Å²) in [6.45, 7) is 10.6. The lowest BCUT2D eigenvalue weighted by atomic mass is 10.1. The monoisotopic (exact) mass is 494 g/mol. The Morgan fingerprint density at radius 3 is 2.59 bits per heavy atom. The number of unbranched alkanes of at least 4 members (excludes halogenated alkanes) is 3. The maximum Gasteiger partial charge on any atom is 0.305 e. The van der Waals surface area contributed by atoms with Crippen molar-refractivity contribution in [3.63, 3.8) is 0 Å². The van der Waals surface area contributed by atoms with E-state index in [1.807, 2.05) is 19.9 Å². The number of aromatic nitrogens is 1. The number of rotatable bonds is 12. The molecule has 156 valence electrons. The Labute approximate surface area is 180 Å². The average molecular weight is 494 g/mol. The van der Waals surface area contributed by atoms with E-state index in [0.29, 0.717) is 25.5 Å². The highest BCUT2D eigenvalue weighted by Crippen LogP contribution is 2.14. The lowest BCUT2D eigenvalue weighted by Gasteiger charge is -2.10. The number of nitrogens with one attached hydrogen (secondary N) is 2. The van der Waals surface area contributed by atoms with Gasteiger partial charge in [0.05, 0.1) is 12.3 Å². The number of hydrogen-bond donors (Lipinski definition) is 2. The van der Waals surface area contributed by atoms with Crippen LogP contribution in [0.15, 0.2) is 15.6 Å². The van der Waals surface area contributed by atoms with E-state index in [1.165, 1.54) is 0 Å². The third-order valence-electron chi connectivity index (χ3n) is 3.81. The van der Waals surface area contributed by atoms with Crippen LogP contribution < -0.4 is 10.6 Å². The standard InChI is InChI=1S/C19H34N4O3.HI/c1-5-20-19(22-14-16-13-17(15(3)4)23-26-16)21-12-10-8-7-9-11-18(24)25-6-2;/h13,15H,5-12,14H2,1-4H3,(H2,20,21,22);1H. The fourth-order valence-corrected chi connectivity index (χ4v) is 2.36. The van der Waals surface area contributed by atoms with Crippen LogP contribution in [0.4, 0.5) is 0 Å². The van der Waals surface area contributed by atoms with Gasteiger partial charge in [0.25, 0.3) is 0 Å². The third kappa shape index (κ3) is 11.9. The summed E-state index contributed by atoms with van der Waals surface area (Å²) in [5.74, 6) is 1.80. The van der Waals surface area contributed by atoms with Crippen molar-refractivity contribution >= 4 is 35.9 Å². The van der Waals surface area contributed by atoms with Crippen LogP contribution in [0.2, 0.25) is 0 Å². The highest BCUT2D eigenvalue weighted by atomic mass is 127. The molecule has 0 radical (unpaired) electrons. The molecule has 0 aliphatic heterocycles. The summed E-state index contributed by atoms with van der Waals surface area (Å²) in [5, 5.41) is 10.6. The summed E-state index contributed by atoms with van der Waals surface area (Å²) >= 11 is 0. The molecule has 0 spiro atoms. The van der Waals surface area contributed by atoms with Crippen LogP contribution in [0.5, 0.6) is 0 Å². The molecule has 0 fully saturated rings. The normalized spacial score (nSPS) is 11.2. The molecule has 0 amide bonds. The van der Waals surface area contributed by atoms with Crippen LogP contribution in [0.3, 0.4) is 0 Å². The zero-order valence-electron chi connectivity index (χ0n) is 17.0. The molecule has 8 heteroatoms. The molecule has 7 nitrogen and oxygen atoms in total. The Morgan fingerprint density at radius 1 is 1.22 bits per heavy atom. The summed E-state index contributed by atoms with van der Waals surface area (Å²) < 4.78 is 10.2. The first-order valence-electron chi connectivity index (χ1n) is 9.70. The molecule has 1 aromatic rings. The fourth-order valence-electron chi connectivity index (χ4n) is 2.36. The van der Waals surface area contributed by atoms with Gasteiger partial charge in [-0.25, -0.2) is 4.99 Å². The van der Waals surface area contributed by atoms with Crippen LogP contribution in [-0.4, -0.2) is 36.8 Å². The van der Waals surface area contributed by atoms with Gasteiger partial charge in [-0.15, -0.1) is 24.0 Å². The van der Waals surface area contributed by atoms with Gasteiger partial charge in [-0.2, -0.15) is 0 Å². The van der Waals surface area contributed by atoms with Gasteiger partial charge >= 0.3 is 5.97 Å². The van der Waals surface area contributed by atoms with Crippen LogP contribution >= 0.6 is 24.0 Å². The fraction of sp³-hybridized carbons (Fsp3) is 0.737. The van der Waals surface area contributed by atoms with Gasteiger partial charge in [-0.3, -0.25) is 4.79 Å².